The predicted molar refractivity (Wildman–Crippen MR) is 104 cm³/mol. The van der Waals surface area contributed by atoms with Crippen molar-refractivity contribution in [3.05, 3.63) is 47.8 Å². The van der Waals surface area contributed by atoms with Crippen molar-refractivity contribution in [2.75, 3.05) is 31.1 Å². The van der Waals surface area contributed by atoms with Crippen molar-refractivity contribution in [3.8, 4) is 0 Å². The molecule has 0 bridgehead atoms. The van der Waals surface area contributed by atoms with Crippen LogP contribution < -0.4 is 10.2 Å². The number of piperazine rings is 1. The number of carbonyl (C=O) groups is 1. The molecule has 1 amide bonds. The van der Waals surface area contributed by atoms with Gasteiger partial charge in [-0.05, 0) is 29.9 Å². The lowest BCUT2D eigenvalue weighted by molar-refractivity contribution is -0.130. The Labute approximate surface area is 154 Å². The van der Waals surface area contributed by atoms with E-state index < -0.39 is 0 Å². The summed E-state index contributed by atoms with van der Waals surface area (Å²) in [4.78, 5) is 16.8. The SMILES string of the molecule is Cc1cc(P)cc(CC(=O)N2CCN(c3ccc4nncn4n3)CC2)c1. The molecule has 0 saturated carbocycles. The van der Waals surface area contributed by atoms with Gasteiger partial charge in [0.25, 0.3) is 0 Å². The van der Waals surface area contributed by atoms with Crippen LogP contribution in [0.1, 0.15) is 11.1 Å². The highest BCUT2D eigenvalue weighted by molar-refractivity contribution is 7.27. The number of amides is 1. The van der Waals surface area contributed by atoms with Crippen LogP contribution in [-0.4, -0.2) is 56.8 Å². The number of hydrogen-bond donors (Lipinski definition) is 0. The number of nitrogens with zero attached hydrogens (tertiary/aromatic N) is 6. The molecule has 8 heteroatoms. The van der Waals surface area contributed by atoms with Gasteiger partial charge in [0.05, 0.1) is 6.42 Å². The Kier molecular flexibility index (Phi) is 4.55. The number of aromatic nitrogens is 4. The van der Waals surface area contributed by atoms with Gasteiger partial charge in [0.1, 0.15) is 12.1 Å². The van der Waals surface area contributed by atoms with Crippen molar-refractivity contribution in [1.82, 2.24) is 24.7 Å². The van der Waals surface area contributed by atoms with Gasteiger partial charge >= 0.3 is 0 Å². The Bertz CT molecular complexity index is 928. The first kappa shape index (κ1) is 16.9. The second-order valence-corrected chi connectivity index (χ2v) is 7.29. The molecule has 1 unspecified atom stereocenters. The summed E-state index contributed by atoms with van der Waals surface area (Å²) in [5, 5.41) is 13.5. The third-order valence-electron chi connectivity index (χ3n) is 4.62. The van der Waals surface area contributed by atoms with Crippen LogP contribution in [-0.2, 0) is 11.2 Å². The molecule has 4 rings (SSSR count). The highest BCUT2D eigenvalue weighted by Gasteiger charge is 2.22. The molecule has 1 atom stereocenters. The van der Waals surface area contributed by atoms with Gasteiger partial charge in [-0.15, -0.1) is 24.5 Å². The summed E-state index contributed by atoms with van der Waals surface area (Å²) in [6.45, 7) is 5.02. The van der Waals surface area contributed by atoms with Gasteiger partial charge in [-0.2, -0.15) is 4.52 Å². The van der Waals surface area contributed by atoms with Crippen LogP contribution in [0.25, 0.3) is 5.65 Å². The minimum Gasteiger partial charge on any atom is -0.352 e. The molecule has 2 aromatic heterocycles. The number of anilines is 1. The quantitative estimate of drug-likeness (QED) is 0.641. The summed E-state index contributed by atoms with van der Waals surface area (Å²) < 4.78 is 1.67. The topological polar surface area (TPSA) is 66.6 Å². The molecule has 1 fully saturated rings. The fourth-order valence-corrected chi connectivity index (χ4v) is 3.83. The van der Waals surface area contributed by atoms with Crippen molar-refractivity contribution in [1.29, 1.82) is 0 Å². The van der Waals surface area contributed by atoms with E-state index in [1.807, 2.05) is 17.0 Å². The zero-order valence-corrected chi connectivity index (χ0v) is 15.8. The maximum atomic E-state index is 12.6. The number of fused-ring (bicyclic) bond motifs is 1. The van der Waals surface area contributed by atoms with Crippen molar-refractivity contribution in [3.63, 3.8) is 0 Å². The average Bonchev–Trinajstić information content (AvgIpc) is 3.08. The fourth-order valence-electron chi connectivity index (χ4n) is 3.35. The van der Waals surface area contributed by atoms with Crippen LogP contribution in [0.4, 0.5) is 5.82 Å². The third kappa shape index (κ3) is 3.53. The summed E-state index contributed by atoms with van der Waals surface area (Å²) in [5.41, 5.74) is 2.98. The second kappa shape index (κ2) is 7.00. The lowest BCUT2D eigenvalue weighted by Crippen LogP contribution is -2.49. The summed E-state index contributed by atoms with van der Waals surface area (Å²) >= 11 is 0. The Hall–Kier alpha value is -2.53. The maximum absolute atomic E-state index is 12.6. The first-order valence-corrected chi connectivity index (χ1v) is 9.22. The summed E-state index contributed by atoms with van der Waals surface area (Å²) in [6.07, 6.45) is 2.05. The van der Waals surface area contributed by atoms with Crippen molar-refractivity contribution in [2.24, 2.45) is 0 Å². The minimum absolute atomic E-state index is 0.182. The van der Waals surface area contributed by atoms with Crippen molar-refractivity contribution in [2.45, 2.75) is 13.3 Å². The molecule has 0 N–H and O–H groups in total. The van der Waals surface area contributed by atoms with E-state index in [0.717, 1.165) is 35.4 Å². The molecule has 0 aliphatic carbocycles. The number of aryl methyl sites for hydroxylation is 1. The Morgan fingerprint density at radius 2 is 1.96 bits per heavy atom. The molecule has 3 aromatic rings. The monoisotopic (exact) mass is 368 g/mol. The average molecular weight is 368 g/mol. The zero-order valence-electron chi connectivity index (χ0n) is 14.7. The number of benzene rings is 1. The van der Waals surface area contributed by atoms with E-state index in [4.69, 9.17) is 0 Å². The number of rotatable bonds is 3. The first-order valence-electron chi connectivity index (χ1n) is 8.64. The van der Waals surface area contributed by atoms with Gasteiger partial charge in [0.15, 0.2) is 5.65 Å². The van der Waals surface area contributed by atoms with Crippen molar-refractivity contribution >= 4 is 31.9 Å². The molecular formula is C18H21N6OP. The summed E-state index contributed by atoms with van der Waals surface area (Å²) in [5.74, 6) is 1.07. The summed E-state index contributed by atoms with van der Waals surface area (Å²) in [7, 11) is 2.70. The third-order valence-corrected chi connectivity index (χ3v) is 4.95. The number of carbonyl (C=O) groups excluding carboxylic acids is 1. The van der Waals surface area contributed by atoms with Gasteiger partial charge in [-0.1, -0.05) is 23.8 Å². The van der Waals surface area contributed by atoms with Gasteiger partial charge in [-0.25, -0.2) is 0 Å². The van der Waals surface area contributed by atoms with Crippen LogP contribution in [0.3, 0.4) is 0 Å². The molecule has 26 heavy (non-hydrogen) atoms. The van der Waals surface area contributed by atoms with Crippen LogP contribution in [0, 0.1) is 6.92 Å². The first-order chi connectivity index (χ1) is 12.6. The Balaban J connectivity index is 1.38. The highest BCUT2D eigenvalue weighted by atomic mass is 31.0. The molecule has 3 heterocycles. The van der Waals surface area contributed by atoms with Gasteiger partial charge in [0.2, 0.25) is 5.91 Å². The molecule has 134 valence electrons. The normalized spacial score (nSPS) is 14.8. The van der Waals surface area contributed by atoms with Crippen LogP contribution in [0.15, 0.2) is 36.7 Å². The standard InChI is InChI=1S/C18H21N6OP/c1-13-8-14(10-15(26)9-13)11-18(25)23-6-4-22(5-7-23)17-3-2-16-20-19-12-24(16)21-17/h2-3,8-10,12H,4-7,11,26H2,1H3. The van der Waals surface area contributed by atoms with E-state index in [-0.39, 0.29) is 5.91 Å². The van der Waals surface area contributed by atoms with E-state index in [1.54, 1.807) is 10.8 Å². The molecule has 1 saturated heterocycles. The van der Waals surface area contributed by atoms with Crippen LogP contribution in [0.2, 0.25) is 0 Å². The van der Waals surface area contributed by atoms with Crippen LogP contribution >= 0.6 is 9.24 Å². The largest absolute Gasteiger partial charge is 0.352 e. The van der Waals surface area contributed by atoms with E-state index in [0.29, 0.717) is 19.5 Å². The molecular weight excluding hydrogens is 347 g/mol. The molecule has 0 spiro atoms. The predicted octanol–water partition coefficient (Wildman–Crippen LogP) is 0.824. The zero-order chi connectivity index (χ0) is 18.1. The highest BCUT2D eigenvalue weighted by Crippen LogP contribution is 2.15. The Morgan fingerprint density at radius 3 is 2.73 bits per heavy atom. The molecule has 1 aromatic carbocycles. The van der Waals surface area contributed by atoms with Crippen molar-refractivity contribution < 1.29 is 4.79 Å². The summed E-state index contributed by atoms with van der Waals surface area (Å²) in [6, 6.07) is 10.1. The molecule has 7 nitrogen and oxygen atoms in total. The second-order valence-electron chi connectivity index (χ2n) is 6.62. The van der Waals surface area contributed by atoms with Gasteiger partial charge in [-0.3, -0.25) is 4.79 Å². The maximum Gasteiger partial charge on any atom is 0.227 e. The molecule has 1 aliphatic heterocycles. The molecule has 1 aliphatic rings. The molecule has 0 radical (unpaired) electrons. The Morgan fingerprint density at radius 1 is 1.15 bits per heavy atom. The minimum atomic E-state index is 0.182. The lowest BCUT2D eigenvalue weighted by atomic mass is 10.1. The number of hydrogen-bond acceptors (Lipinski definition) is 5. The van der Waals surface area contributed by atoms with E-state index in [2.05, 4.69) is 54.6 Å². The smallest absolute Gasteiger partial charge is 0.227 e. The van der Waals surface area contributed by atoms with Gasteiger partial charge in [0, 0.05) is 26.2 Å². The lowest BCUT2D eigenvalue weighted by Gasteiger charge is -2.35. The van der Waals surface area contributed by atoms with Gasteiger partial charge < -0.3 is 9.80 Å². The fraction of sp³-hybridized carbons (Fsp3) is 0.333. The van der Waals surface area contributed by atoms with E-state index in [1.165, 1.54) is 5.56 Å². The van der Waals surface area contributed by atoms with E-state index >= 15 is 0 Å². The van der Waals surface area contributed by atoms with E-state index in [9.17, 15) is 4.79 Å². The van der Waals surface area contributed by atoms with Crippen LogP contribution in [0.5, 0.6) is 0 Å².